The van der Waals surface area contributed by atoms with Gasteiger partial charge in [-0.05, 0) is 31.6 Å². The maximum atomic E-state index is 11.8. The third-order valence-corrected chi connectivity index (χ3v) is 6.73. The Kier molecular flexibility index (Phi) is 5.14. The molecule has 2 rings (SSSR count). The SMILES string of the molecule is CC(C)CN(C1CCCC1)C1(CN)CCS(=O)(=O)CC1. The van der Waals surface area contributed by atoms with E-state index in [9.17, 15) is 8.42 Å². The zero-order chi connectivity index (χ0) is 14.8. The van der Waals surface area contributed by atoms with Crippen molar-refractivity contribution in [2.24, 2.45) is 11.7 Å². The lowest BCUT2D eigenvalue weighted by Gasteiger charge is -2.49. The monoisotopic (exact) mass is 302 g/mol. The molecule has 4 nitrogen and oxygen atoms in total. The van der Waals surface area contributed by atoms with Gasteiger partial charge in [0.25, 0.3) is 0 Å². The average molecular weight is 302 g/mol. The van der Waals surface area contributed by atoms with E-state index < -0.39 is 9.84 Å². The summed E-state index contributed by atoms with van der Waals surface area (Å²) in [5, 5.41) is 0. The predicted molar refractivity (Wildman–Crippen MR) is 83.5 cm³/mol. The van der Waals surface area contributed by atoms with Crippen molar-refractivity contribution < 1.29 is 8.42 Å². The first-order valence-corrected chi connectivity index (χ1v) is 9.88. The Bertz CT molecular complexity index is 400. The molecule has 2 N–H and O–H groups in total. The molecule has 1 saturated heterocycles. The smallest absolute Gasteiger partial charge is 0.150 e. The van der Waals surface area contributed by atoms with Crippen molar-refractivity contribution in [3.63, 3.8) is 0 Å². The number of rotatable bonds is 5. The van der Waals surface area contributed by atoms with Crippen molar-refractivity contribution >= 4 is 9.84 Å². The third-order valence-electron chi connectivity index (χ3n) is 5.07. The number of sulfone groups is 1. The van der Waals surface area contributed by atoms with Crippen LogP contribution in [0.4, 0.5) is 0 Å². The van der Waals surface area contributed by atoms with Crippen molar-refractivity contribution in [3.05, 3.63) is 0 Å². The number of nitrogens with zero attached hydrogens (tertiary/aromatic N) is 1. The molecule has 0 aromatic rings. The summed E-state index contributed by atoms with van der Waals surface area (Å²) in [5.74, 6) is 1.22. The lowest BCUT2D eigenvalue weighted by atomic mass is 9.87. The molecule has 1 aliphatic carbocycles. The summed E-state index contributed by atoms with van der Waals surface area (Å²) < 4.78 is 23.5. The van der Waals surface area contributed by atoms with Gasteiger partial charge in [-0.2, -0.15) is 0 Å². The highest BCUT2D eigenvalue weighted by molar-refractivity contribution is 7.91. The lowest BCUT2D eigenvalue weighted by Crippen LogP contribution is -2.61. The van der Waals surface area contributed by atoms with Crippen LogP contribution in [0.2, 0.25) is 0 Å². The van der Waals surface area contributed by atoms with Gasteiger partial charge in [0.2, 0.25) is 0 Å². The van der Waals surface area contributed by atoms with Crippen LogP contribution in [0, 0.1) is 5.92 Å². The topological polar surface area (TPSA) is 63.4 Å². The first-order valence-electron chi connectivity index (χ1n) is 8.06. The standard InChI is InChI=1S/C15H30N2O2S/c1-13(2)11-17(14-5-3-4-6-14)15(12-16)7-9-20(18,19)10-8-15/h13-14H,3-12,16H2,1-2H3. The Morgan fingerprint density at radius 3 is 2.20 bits per heavy atom. The summed E-state index contributed by atoms with van der Waals surface area (Å²) in [6.45, 7) is 6.12. The van der Waals surface area contributed by atoms with Crippen LogP contribution < -0.4 is 5.73 Å². The second-order valence-corrected chi connectivity index (χ2v) is 9.37. The Hall–Kier alpha value is -0.130. The Morgan fingerprint density at radius 1 is 1.20 bits per heavy atom. The van der Waals surface area contributed by atoms with E-state index in [2.05, 4.69) is 18.7 Å². The second kappa shape index (κ2) is 6.32. The molecule has 0 bridgehead atoms. The van der Waals surface area contributed by atoms with Gasteiger partial charge in [0, 0.05) is 24.7 Å². The predicted octanol–water partition coefficient (Wildman–Crippen LogP) is 1.79. The van der Waals surface area contributed by atoms with Crippen molar-refractivity contribution in [2.75, 3.05) is 24.6 Å². The molecule has 0 aromatic carbocycles. The van der Waals surface area contributed by atoms with Crippen LogP contribution in [0.15, 0.2) is 0 Å². The maximum Gasteiger partial charge on any atom is 0.150 e. The Labute approximate surface area is 124 Å². The molecule has 1 saturated carbocycles. The summed E-state index contributed by atoms with van der Waals surface area (Å²) in [7, 11) is -2.83. The van der Waals surface area contributed by atoms with Crippen LogP contribution in [0.25, 0.3) is 0 Å². The van der Waals surface area contributed by atoms with E-state index in [0.29, 0.717) is 30.0 Å². The Morgan fingerprint density at radius 2 is 1.75 bits per heavy atom. The molecule has 0 unspecified atom stereocenters. The molecular formula is C15H30N2O2S. The van der Waals surface area contributed by atoms with E-state index in [-0.39, 0.29) is 5.54 Å². The molecule has 0 atom stereocenters. The van der Waals surface area contributed by atoms with E-state index in [1.165, 1.54) is 25.7 Å². The zero-order valence-electron chi connectivity index (χ0n) is 13.0. The molecule has 1 aliphatic heterocycles. The molecule has 20 heavy (non-hydrogen) atoms. The van der Waals surface area contributed by atoms with E-state index in [1.807, 2.05) is 0 Å². The molecule has 5 heteroatoms. The third kappa shape index (κ3) is 3.55. The van der Waals surface area contributed by atoms with Crippen LogP contribution in [-0.4, -0.2) is 49.5 Å². The van der Waals surface area contributed by atoms with E-state index in [0.717, 1.165) is 19.4 Å². The van der Waals surface area contributed by atoms with Crippen LogP contribution in [0.5, 0.6) is 0 Å². The summed E-state index contributed by atoms with van der Waals surface area (Å²) in [6.07, 6.45) is 6.54. The van der Waals surface area contributed by atoms with Crippen LogP contribution in [0.1, 0.15) is 52.4 Å². The molecule has 2 fully saturated rings. The highest BCUT2D eigenvalue weighted by atomic mass is 32.2. The highest BCUT2D eigenvalue weighted by Gasteiger charge is 2.44. The minimum Gasteiger partial charge on any atom is -0.329 e. The molecule has 118 valence electrons. The van der Waals surface area contributed by atoms with E-state index in [4.69, 9.17) is 5.73 Å². The summed E-state index contributed by atoms with van der Waals surface area (Å²) in [4.78, 5) is 2.60. The average Bonchev–Trinajstić information content (AvgIpc) is 2.90. The van der Waals surface area contributed by atoms with Gasteiger partial charge in [-0.1, -0.05) is 26.7 Å². The van der Waals surface area contributed by atoms with E-state index >= 15 is 0 Å². The molecule has 0 spiro atoms. The minimum absolute atomic E-state index is 0.0788. The van der Waals surface area contributed by atoms with Gasteiger partial charge < -0.3 is 5.73 Å². The van der Waals surface area contributed by atoms with Gasteiger partial charge in [-0.3, -0.25) is 4.90 Å². The lowest BCUT2D eigenvalue weighted by molar-refractivity contribution is 0.0298. The quantitative estimate of drug-likeness (QED) is 0.841. The molecular weight excluding hydrogens is 272 g/mol. The van der Waals surface area contributed by atoms with Crippen molar-refractivity contribution in [1.82, 2.24) is 4.90 Å². The largest absolute Gasteiger partial charge is 0.329 e. The highest BCUT2D eigenvalue weighted by Crippen LogP contribution is 2.36. The van der Waals surface area contributed by atoms with Crippen LogP contribution in [0.3, 0.4) is 0 Å². The first-order chi connectivity index (χ1) is 9.38. The van der Waals surface area contributed by atoms with Gasteiger partial charge in [-0.25, -0.2) is 8.42 Å². The molecule has 0 amide bonds. The normalized spacial score (nSPS) is 26.4. The molecule has 1 heterocycles. The minimum atomic E-state index is -2.83. The van der Waals surface area contributed by atoms with Crippen molar-refractivity contribution in [2.45, 2.75) is 64.0 Å². The summed E-state index contributed by atoms with van der Waals surface area (Å²) >= 11 is 0. The van der Waals surface area contributed by atoms with Gasteiger partial charge in [0.15, 0.2) is 0 Å². The van der Waals surface area contributed by atoms with Crippen molar-refractivity contribution in [3.8, 4) is 0 Å². The van der Waals surface area contributed by atoms with Gasteiger partial charge in [0.1, 0.15) is 9.84 Å². The maximum absolute atomic E-state index is 11.8. The number of nitrogens with two attached hydrogens (primary N) is 1. The molecule has 2 aliphatic rings. The molecule has 0 radical (unpaired) electrons. The van der Waals surface area contributed by atoms with Crippen LogP contribution in [-0.2, 0) is 9.84 Å². The van der Waals surface area contributed by atoms with Crippen LogP contribution >= 0.6 is 0 Å². The van der Waals surface area contributed by atoms with Gasteiger partial charge >= 0.3 is 0 Å². The second-order valence-electron chi connectivity index (χ2n) is 7.06. The zero-order valence-corrected chi connectivity index (χ0v) is 13.8. The number of hydrogen-bond donors (Lipinski definition) is 1. The fraction of sp³-hybridized carbons (Fsp3) is 1.00. The first kappa shape index (κ1) is 16.2. The van der Waals surface area contributed by atoms with E-state index in [1.54, 1.807) is 0 Å². The Balaban J connectivity index is 2.19. The summed E-state index contributed by atoms with van der Waals surface area (Å²) in [6, 6.07) is 0.613. The summed E-state index contributed by atoms with van der Waals surface area (Å²) in [5.41, 5.74) is 6.06. The van der Waals surface area contributed by atoms with Gasteiger partial charge in [0.05, 0.1) is 11.5 Å². The molecule has 0 aromatic heterocycles. The van der Waals surface area contributed by atoms with Gasteiger partial charge in [-0.15, -0.1) is 0 Å². The fourth-order valence-electron chi connectivity index (χ4n) is 3.87. The number of hydrogen-bond acceptors (Lipinski definition) is 4. The fourth-order valence-corrected chi connectivity index (χ4v) is 5.45. The van der Waals surface area contributed by atoms with Crippen molar-refractivity contribution in [1.29, 1.82) is 0 Å².